The van der Waals surface area contributed by atoms with Gasteiger partial charge >= 0.3 is 6.03 Å². The SMILES string of the molecule is CCC#CCOc1ccc2[nH]nc(NC(=O)Nc3ccc(C(C)=O)cc3)c2c1. The average Bonchev–Trinajstić information content (AvgIpc) is 3.07. The highest BCUT2D eigenvalue weighted by atomic mass is 16.5. The molecule has 1 aromatic heterocycles. The first kappa shape index (κ1) is 19.0. The zero-order chi connectivity index (χ0) is 19.9. The zero-order valence-corrected chi connectivity index (χ0v) is 15.6. The molecule has 1 heterocycles. The predicted octanol–water partition coefficient (Wildman–Crippen LogP) is 4.20. The first-order valence-electron chi connectivity index (χ1n) is 8.82. The molecule has 0 unspecified atom stereocenters. The quantitative estimate of drug-likeness (QED) is 0.459. The molecule has 0 saturated heterocycles. The molecule has 0 spiro atoms. The minimum atomic E-state index is -0.441. The van der Waals surface area contributed by atoms with E-state index in [1.165, 1.54) is 6.92 Å². The van der Waals surface area contributed by atoms with Gasteiger partial charge in [0.05, 0.1) is 5.52 Å². The summed E-state index contributed by atoms with van der Waals surface area (Å²) < 4.78 is 5.60. The van der Waals surface area contributed by atoms with Crippen LogP contribution < -0.4 is 15.4 Å². The molecule has 2 amide bonds. The third-order valence-electron chi connectivity index (χ3n) is 3.93. The number of hydrogen-bond donors (Lipinski definition) is 3. The van der Waals surface area contributed by atoms with Crippen molar-refractivity contribution in [3.05, 3.63) is 48.0 Å². The molecule has 0 saturated carbocycles. The van der Waals surface area contributed by atoms with E-state index in [0.717, 1.165) is 17.3 Å². The fourth-order valence-electron chi connectivity index (χ4n) is 2.53. The number of hydrogen-bond acceptors (Lipinski definition) is 4. The Hall–Kier alpha value is -3.79. The Bertz CT molecular complexity index is 1060. The maximum atomic E-state index is 12.3. The lowest BCUT2D eigenvalue weighted by Crippen LogP contribution is -2.19. The smallest absolute Gasteiger partial charge is 0.324 e. The van der Waals surface area contributed by atoms with E-state index >= 15 is 0 Å². The summed E-state index contributed by atoms with van der Waals surface area (Å²) >= 11 is 0. The lowest BCUT2D eigenvalue weighted by molar-refractivity contribution is 0.101. The number of amides is 2. The largest absolute Gasteiger partial charge is 0.481 e. The van der Waals surface area contributed by atoms with E-state index in [-0.39, 0.29) is 5.78 Å². The van der Waals surface area contributed by atoms with Crippen LogP contribution >= 0.6 is 0 Å². The molecule has 0 bridgehead atoms. The van der Waals surface area contributed by atoms with Gasteiger partial charge in [0.1, 0.15) is 12.4 Å². The molecule has 0 radical (unpaired) electrons. The molecule has 7 heteroatoms. The average molecular weight is 376 g/mol. The number of ether oxygens (including phenoxy) is 1. The van der Waals surface area contributed by atoms with Crippen molar-refractivity contribution in [2.45, 2.75) is 20.3 Å². The van der Waals surface area contributed by atoms with Gasteiger partial charge in [-0.25, -0.2) is 4.79 Å². The van der Waals surface area contributed by atoms with Gasteiger partial charge in [-0.3, -0.25) is 15.2 Å². The number of urea groups is 1. The van der Waals surface area contributed by atoms with Gasteiger partial charge < -0.3 is 10.1 Å². The summed E-state index contributed by atoms with van der Waals surface area (Å²) in [4.78, 5) is 23.6. The Morgan fingerprint density at radius 3 is 2.61 bits per heavy atom. The molecule has 28 heavy (non-hydrogen) atoms. The van der Waals surface area contributed by atoms with Crippen molar-refractivity contribution in [3.63, 3.8) is 0 Å². The Labute approximate surface area is 162 Å². The van der Waals surface area contributed by atoms with Gasteiger partial charge in [0.2, 0.25) is 0 Å². The number of carbonyl (C=O) groups is 2. The number of fused-ring (bicyclic) bond motifs is 1. The summed E-state index contributed by atoms with van der Waals surface area (Å²) in [6, 6.07) is 11.7. The van der Waals surface area contributed by atoms with Crippen molar-refractivity contribution in [3.8, 4) is 17.6 Å². The van der Waals surface area contributed by atoms with Crippen molar-refractivity contribution < 1.29 is 14.3 Å². The van der Waals surface area contributed by atoms with Crippen LogP contribution in [0.3, 0.4) is 0 Å². The molecule has 3 N–H and O–H groups in total. The first-order chi connectivity index (χ1) is 13.6. The van der Waals surface area contributed by atoms with Crippen molar-refractivity contribution >= 4 is 34.2 Å². The summed E-state index contributed by atoms with van der Waals surface area (Å²) in [6.07, 6.45) is 0.783. The highest BCUT2D eigenvalue weighted by molar-refractivity contribution is 6.05. The van der Waals surface area contributed by atoms with Crippen LogP contribution in [0, 0.1) is 11.8 Å². The van der Waals surface area contributed by atoms with Gasteiger partial charge in [-0.15, -0.1) is 5.92 Å². The highest BCUT2D eigenvalue weighted by Gasteiger charge is 2.11. The van der Waals surface area contributed by atoms with E-state index in [0.29, 0.717) is 29.4 Å². The molecule has 3 rings (SSSR count). The van der Waals surface area contributed by atoms with Crippen LogP contribution in [0.4, 0.5) is 16.3 Å². The topological polar surface area (TPSA) is 96.1 Å². The predicted molar refractivity (Wildman–Crippen MR) is 109 cm³/mol. The molecule has 7 nitrogen and oxygen atoms in total. The van der Waals surface area contributed by atoms with Gasteiger partial charge in [0, 0.05) is 23.1 Å². The molecule has 0 aliphatic heterocycles. The van der Waals surface area contributed by atoms with E-state index in [4.69, 9.17) is 4.74 Å². The summed E-state index contributed by atoms with van der Waals surface area (Å²) in [5.74, 6) is 6.86. The molecule has 0 aliphatic carbocycles. The molecular weight excluding hydrogens is 356 g/mol. The number of anilines is 2. The summed E-state index contributed by atoms with van der Waals surface area (Å²) in [5, 5.41) is 13.2. The van der Waals surface area contributed by atoms with Crippen LogP contribution in [0.15, 0.2) is 42.5 Å². The number of benzene rings is 2. The van der Waals surface area contributed by atoms with Gasteiger partial charge in [-0.1, -0.05) is 12.8 Å². The van der Waals surface area contributed by atoms with Crippen molar-refractivity contribution in [2.24, 2.45) is 0 Å². The molecule has 0 aliphatic rings. The first-order valence-corrected chi connectivity index (χ1v) is 8.82. The summed E-state index contributed by atoms with van der Waals surface area (Å²) in [7, 11) is 0. The molecule has 142 valence electrons. The molecular formula is C21H20N4O3. The molecule has 0 atom stereocenters. The minimum absolute atomic E-state index is 0.0299. The van der Waals surface area contributed by atoms with Gasteiger partial charge in [-0.05, 0) is 49.4 Å². The monoisotopic (exact) mass is 376 g/mol. The second-order valence-electron chi connectivity index (χ2n) is 5.99. The van der Waals surface area contributed by atoms with Crippen LogP contribution in [-0.2, 0) is 0 Å². The number of carbonyl (C=O) groups excluding carboxylic acids is 2. The van der Waals surface area contributed by atoms with E-state index in [2.05, 4.69) is 32.7 Å². The lowest BCUT2D eigenvalue weighted by atomic mass is 10.1. The van der Waals surface area contributed by atoms with Gasteiger partial charge in [0.15, 0.2) is 11.6 Å². The third kappa shape index (κ3) is 4.68. The van der Waals surface area contributed by atoms with Crippen LogP contribution in [0.25, 0.3) is 10.9 Å². The zero-order valence-electron chi connectivity index (χ0n) is 15.6. The molecule has 2 aromatic carbocycles. The second-order valence-corrected chi connectivity index (χ2v) is 5.99. The number of aromatic nitrogens is 2. The van der Waals surface area contributed by atoms with Gasteiger partial charge in [-0.2, -0.15) is 5.10 Å². The van der Waals surface area contributed by atoms with E-state index in [1.807, 2.05) is 19.1 Å². The molecule has 3 aromatic rings. The van der Waals surface area contributed by atoms with Crippen LogP contribution in [-0.4, -0.2) is 28.6 Å². The van der Waals surface area contributed by atoms with Crippen LogP contribution in [0.5, 0.6) is 5.75 Å². The Morgan fingerprint density at radius 2 is 1.89 bits per heavy atom. The van der Waals surface area contributed by atoms with E-state index in [1.54, 1.807) is 30.3 Å². The molecule has 0 fully saturated rings. The number of nitrogens with zero attached hydrogens (tertiary/aromatic N) is 1. The van der Waals surface area contributed by atoms with E-state index < -0.39 is 6.03 Å². The van der Waals surface area contributed by atoms with Crippen LogP contribution in [0.2, 0.25) is 0 Å². The maximum absolute atomic E-state index is 12.3. The standard InChI is InChI=1S/C21H20N4O3/c1-3-4-5-12-28-17-10-11-19-18(13-17)20(25-24-19)23-21(27)22-16-8-6-15(7-9-16)14(2)26/h6-11,13H,3,12H2,1-2H3,(H3,22,23,24,25,27). The Balaban J connectivity index is 1.68. The fraction of sp³-hybridized carbons (Fsp3) is 0.190. The summed E-state index contributed by atoms with van der Waals surface area (Å²) in [6.45, 7) is 3.77. The van der Waals surface area contributed by atoms with Crippen molar-refractivity contribution in [2.75, 3.05) is 17.2 Å². The minimum Gasteiger partial charge on any atom is -0.481 e. The summed E-state index contributed by atoms with van der Waals surface area (Å²) in [5.41, 5.74) is 1.93. The van der Waals surface area contributed by atoms with E-state index in [9.17, 15) is 9.59 Å². The number of Topliss-reactive ketones (excluding diaryl/α,β-unsaturated/α-hetero) is 1. The Kier molecular flexibility index (Phi) is 5.92. The van der Waals surface area contributed by atoms with Crippen molar-refractivity contribution in [1.82, 2.24) is 10.2 Å². The fourth-order valence-corrected chi connectivity index (χ4v) is 2.53. The van der Waals surface area contributed by atoms with Gasteiger partial charge in [0.25, 0.3) is 0 Å². The number of rotatable bonds is 5. The van der Waals surface area contributed by atoms with Crippen molar-refractivity contribution in [1.29, 1.82) is 0 Å². The number of nitrogens with one attached hydrogen (secondary N) is 3. The Morgan fingerprint density at radius 1 is 1.11 bits per heavy atom. The highest BCUT2D eigenvalue weighted by Crippen LogP contribution is 2.25. The number of ketones is 1. The number of H-pyrrole nitrogens is 1. The maximum Gasteiger partial charge on any atom is 0.324 e. The lowest BCUT2D eigenvalue weighted by Gasteiger charge is -2.07. The second kappa shape index (κ2) is 8.73. The normalized spacial score (nSPS) is 10.1. The third-order valence-corrected chi connectivity index (χ3v) is 3.93. The number of aromatic amines is 1. The van der Waals surface area contributed by atoms with Crippen LogP contribution in [0.1, 0.15) is 30.6 Å².